The summed E-state index contributed by atoms with van der Waals surface area (Å²) in [6, 6.07) is 11.1. The first kappa shape index (κ1) is 13.8. The van der Waals surface area contributed by atoms with Crippen LogP contribution >= 0.6 is 0 Å². The van der Waals surface area contributed by atoms with Crippen molar-refractivity contribution in [2.24, 2.45) is 11.8 Å². The number of hydrogen-bond acceptors (Lipinski definition) is 3. The van der Waals surface area contributed by atoms with Crippen molar-refractivity contribution in [3.8, 4) is 0 Å². The van der Waals surface area contributed by atoms with E-state index < -0.39 is 0 Å². The fourth-order valence-corrected chi connectivity index (χ4v) is 3.54. The normalized spacial score (nSPS) is 28.1. The average Bonchev–Trinajstić information content (AvgIpc) is 2.40. The van der Waals surface area contributed by atoms with Crippen molar-refractivity contribution in [2.45, 2.75) is 26.4 Å². The van der Waals surface area contributed by atoms with E-state index in [1.807, 2.05) is 0 Å². The van der Waals surface area contributed by atoms with Crippen LogP contribution in [0.1, 0.15) is 19.4 Å². The lowest BCUT2D eigenvalue weighted by Gasteiger charge is -2.46. The number of nitrogens with zero attached hydrogens (tertiary/aromatic N) is 2. The summed E-state index contributed by atoms with van der Waals surface area (Å²) in [5.74, 6) is 0.938. The van der Waals surface area contributed by atoms with E-state index in [1.54, 1.807) is 0 Å². The van der Waals surface area contributed by atoms with Gasteiger partial charge in [0, 0.05) is 50.6 Å². The number of benzene rings is 1. The molecule has 3 nitrogen and oxygen atoms in total. The summed E-state index contributed by atoms with van der Waals surface area (Å²) in [4.78, 5) is 17.3. The van der Waals surface area contributed by atoms with Crippen LogP contribution in [0.25, 0.3) is 0 Å². The Labute approximate surface area is 121 Å². The smallest absolute Gasteiger partial charge is 0.144 e. The maximum absolute atomic E-state index is 12.3. The highest BCUT2D eigenvalue weighted by atomic mass is 16.1. The number of ketones is 1. The molecule has 0 unspecified atom stereocenters. The molecule has 3 heteroatoms. The van der Waals surface area contributed by atoms with E-state index in [0.29, 0.717) is 11.8 Å². The van der Waals surface area contributed by atoms with Gasteiger partial charge >= 0.3 is 0 Å². The molecule has 0 aromatic heterocycles. The zero-order valence-electron chi connectivity index (χ0n) is 12.5. The Balaban J connectivity index is 1.67. The third-order valence-corrected chi connectivity index (χ3v) is 4.65. The highest BCUT2D eigenvalue weighted by molar-refractivity contribution is 5.85. The molecule has 0 radical (unpaired) electrons. The molecule has 2 saturated heterocycles. The summed E-state index contributed by atoms with van der Waals surface area (Å²) in [6.45, 7) is 9.17. The molecule has 0 spiro atoms. The minimum absolute atomic E-state index is 0.216. The predicted octanol–water partition coefficient (Wildman–Crippen LogP) is 2.03. The lowest BCUT2D eigenvalue weighted by molar-refractivity contribution is -0.138. The lowest BCUT2D eigenvalue weighted by Crippen LogP contribution is -2.59. The summed E-state index contributed by atoms with van der Waals surface area (Å²) in [5.41, 5.74) is 1.35. The van der Waals surface area contributed by atoms with Crippen molar-refractivity contribution in [3.05, 3.63) is 35.9 Å². The molecule has 0 N–H and O–H groups in total. The van der Waals surface area contributed by atoms with Gasteiger partial charge in [0.15, 0.2) is 0 Å². The molecule has 0 saturated carbocycles. The number of carbonyl (C=O) groups is 1. The number of rotatable bonds is 3. The predicted molar refractivity (Wildman–Crippen MR) is 80.4 cm³/mol. The summed E-state index contributed by atoms with van der Waals surface area (Å²) >= 11 is 0. The number of likely N-dealkylation sites (tertiary alicyclic amines) is 2. The van der Waals surface area contributed by atoms with Gasteiger partial charge in [0.25, 0.3) is 0 Å². The zero-order chi connectivity index (χ0) is 14.1. The molecular weight excluding hydrogens is 248 g/mol. The first-order chi connectivity index (χ1) is 9.63. The van der Waals surface area contributed by atoms with Crippen molar-refractivity contribution in [1.29, 1.82) is 0 Å². The quantitative estimate of drug-likeness (QED) is 0.841. The van der Waals surface area contributed by atoms with Crippen LogP contribution in [-0.4, -0.2) is 47.8 Å². The number of Topliss-reactive ketones (excluding diaryl/α,β-unsaturated/α-hetero) is 1. The number of carbonyl (C=O) groups excluding carboxylic acids is 1. The van der Waals surface area contributed by atoms with Crippen molar-refractivity contribution < 1.29 is 4.79 Å². The third kappa shape index (κ3) is 2.79. The van der Waals surface area contributed by atoms with E-state index in [1.165, 1.54) is 5.56 Å². The van der Waals surface area contributed by atoms with Crippen LogP contribution in [0.5, 0.6) is 0 Å². The second kappa shape index (κ2) is 5.66. The molecule has 2 aliphatic rings. The molecule has 2 aliphatic heterocycles. The Morgan fingerprint density at radius 1 is 1.05 bits per heavy atom. The number of hydrogen-bond donors (Lipinski definition) is 0. The van der Waals surface area contributed by atoms with Gasteiger partial charge in [0.05, 0.1) is 0 Å². The molecule has 2 heterocycles. The maximum atomic E-state index is 12.3. The van der Waals surface area contributed by atoms with Gasteiger partial charge in [0.1, 0.15) is 5.78 Å². The number of fused-ring (bicyclic) bond motifs is 2. The summed E-state index contributed by atoms with van der Waals surface area (Å²) in [7, 11) is 0. The second-order valence-electron chi connectivity index (χ2n) is 6.52. The number of piperidine rings is 2. The molecule has 0 amide bonds. The van der Waals surface area contributed by atoms with Crippen LogP contribution in [0.2, 0.25) is 0 Å². The van der Waals surface area contributed by atoms with Gasteiger partial charge in [-0.05, 0) is 19.4 Å². The topological polar surface area (TPSA) is 23.6 Å². The van der Waals surface area contributed by atoms with E-state index >= 15 is 0 Å². The monoisotopic (exact) mass is 272 g/mol. The van der Waals surface area contributed by atoms with Crippen molar-refractivity contribution in [1.82, 2.24) is 9.80 Å². The van der Waals surface area contributed by atoms with Crippen LogP contribution in [0.3, 0.4) is 0 Å². The first-order valence-electron chi connectivity index (χ1n) is 7.67. The van der Waals surface area contributed by atoms with Crippen LogP contribution < -0.4 is 0 Å². The van der Waals surface area contributed by atoms with Crippen LogP contribution in [-0.2, 0) is 11.3 Å². The highest BCUT2D eigenvalue weighted by Gasteiger charge is 2.41. The van der Waals surface area contributed by atoms with Gasteiger partial charge < -0.3 is 0 Å². The van der Waals surface area contributed by atoms with Gasteiger partial charge in [-0.2, -0.15) is 0 Å². The molecular formula is C17H24N2O. The average molecular weight is 272 g/mol. The van der Waals surface area contributed by atoms with Crippen LogP contribution in [0.15, 0.2) is 30.3 Å². The molecule has 3 rings (SSSR count). The third-order valence-electron chi connectivity index (χ3n) is 4.65. The lowest BCUT2D eigenvalue weighted by atomic mass is 9.82. The van der Waals surface area contributed by atoms with Gasteiger partial charge in [-0.25, -0.2) is 0 Å². The molecule has 2 fully saturated rings. The summed E-state index contributed by atoms with van der Waals surface area (Å²) in [6.07, 6.45) is 0. The molecule has 0 aliphatic carbocycles. The Kier molecular flexibility index (Phi) is 3.90. The van der Waals surface area contributed by atoms with Crippen LogP contribution in [0, 0.1) is 11.8 Å². The highest BCUT2D eigenvalue weighted by Crippen LogP contribution is 2.27. The minimum Gasteiger partial charge on any atom is -0.299 e. The molecule has 108 valence electrons. The SMILES string of the molecule is CC(C)N1C[C@H]2CN(Cc3ccccc3)C[C@H](C1)C2=O. The second-order valence-corrected chi connectivity index (χ2v) is 6.52. The Morgan fingerprint density at radius 3 is 2.20 bits per heavy atom. The van der Waals surface area contributed by atoms with Crippen LogP contribution in [0.4, 0.5) is 0 Å². The van der Waals surface area contributed by atoms with Crippen molar-refractivity contribution in [2.75, 3.05) is 26.2 Å². The Morgan fingerprint density at radius 2 is 1.65 bits per heavy atom. The fourth-order valence-electron chi connectivity index (χ4n) is 3.54. The first-order valence-corrected chi connectivity index (χ1v) is 7.67. The standard InChI is InChI=1S/C17H24N2O/c1-13(2)19-11-15-9-18(10-16(12-19)17(15)20)8-14-6-4-3-5-7-14/h3-7,13,15-16H,8-12H2,1-2H3/t15-,16-/m1/s1. The fraction of sp³-hybridized carbons (Fsp3) is 0.588. The van der Waals surface area contributed by atoms with E-state index in [-0.39, 0.29) is 11.8 Å². The molecule has 1 aromatic rings. The van der Waals surface area contributed by atoms with Crippen molar-refractivity contribution >= 4 is 5.78 Å². The van der Waals surface area contributed by atoms with Gasteiger partial charge in [-0.1, -0.05) is 30.3 Å². The minimum atomic E-state index is 0.216. The zero-order valence-corrected chi connectivity index (χ0v) is 12.5. The van der Waals surface area contributed by atoms with Gasteiger partial charge in [-0.15, -0.1) is 0 Å². The molecule has 20 heavy (non-hydrogen) atoms. The summed E-state index contributed by atoms with van der Waals surface area (Å²) < 4.78 is 0. The largest absolute Gasteiger partial charge is 0.299 e. The van der Waals surface area contributed by atoms with Crippen molar-refractivity contribution in [3.63, 3.8) is 0 Å². The van der Waals surface area contributed by atoms with E-state index in [2.05, 4.69) is 54.0 Å². The maximum Gasteiger partial charge on any atom is 0.144 e. The Hall–Kier alpha value is -1.19. The van der Waals surface area contributed by atoms with E-state index in [4.69, 9.17) is 0 Å². The summed E-state index contributed by atoms with van der Waals surface area (Å²) in [5, 5.41) is 0. The molecule has 2 bridgehead atoms. The van der Waals surface area contributed by atoms with E-state index in [9.17, 15) is 4.79 Å². The van der Waals surface area contributed by atoms with Gasteiger partial charge in [-0.3, -0.25) is 14.6 Å². The van der Waals surface area contributed by atoms with Gasteiger partial charge in [0.2, 0.25) is 0 Å². The Bertz CT molecular complexity index is 453. The molecule has 1 aromatic carbocycles. The van der Waals surface area contributed by atoms with E-state index in [0.717, 1.165) is 32.7 Å². The molecule has 2 atom stereocenters.